The Morgan fingerprint density at radius 3 is 2.45 bits per heavy atom. The molecule has 1 aliphatic rings. The highest BCUT2D eigenvalue weighted by molar-refractivity contribution is 14.1. The smallest absolute Gasteiger partial charge is 0.338 e. The minimum absolute atomic E-state index is 0.211. The lowest BCUT2D eigenvalue weighted by Crippen LogP contribution is -2.39. The molecule has 1 aromatic heterocycles. The van der Waals surface area contributed by atoms with Gasteiger partial charge in [0.05, 0.1) is 38.6 Å². The Morgan fingerprint density at radius 1 is 1.15 bits per heavy atom. The van der Waals surface area contributed by atoms with Crippen LogP contribution < -0.4 is 24.4 Å². The maximum Gasteiger partial charge on any atom is 0.338 e. The number of rotatable bonds is 8. The molecule has 0 bridgehead atoms. The van der Waals surface area contributed by atoms with Gasteiger partial charge in [0.25, 0.3) is 5.56 Å². The molecule has 210 valence electrons. The third-order valence-corrected chi connectivity index (χ3v) is 8.10. The lowest BCUT2D eigenvalue weighted by atomic mass is 9.93. The monoisotopic (exact) mass is 674 g/mol. The third kappa shape index (κ3) is 6.07. The molecule has 0 aliphatic carbocycles. The van der Waals surface area contributed by atoms with Gasteiger partial charge in [0.1, 0.15) is 0 Å². The molecule has 0 saturated heterocycles. The van der Waals surface area contributed by atoms with Gasteiger partial charge >= 0.3 is 11.9 Å². The minimum atomic E-state index is -0.677. The van der Waals surface area contributed by atoms with E-state index in [4.69, 9.17) is 14.2 Å². The molecule has 40 heavy (non-hydrogen) atoms. The van der Waals surface area contributed by atoms with E-state index in [2.05, 4.69) is 41.4 Å². The van der Waals surface area contributed by atoms with E-state index < -0.39 is 18.0 Å². The zero-order chi connectivity index (χ0) is 29.1. The number of esters is 2. The summed E-state index contributed by atoms with van der Waals surface area (Å²) in [6.07, 6.45) is 1.76. The van der Waals surface area contributed by atoms with Gasteiger partial charge in [-0.3, -0.25) is 14.2 Å². The minimum Gasteiger partial charge on any atom is -0.490 e. The van der Waals surface area contributed by atoms with Gasteiger partial charge in [-0.05, 0) is 84.2 Å². The molecule has 1 atom stereocenters. The fourth-order valence-electron chi connectivity index (χ4n) is 4.50. The van der Waals surface area contributed by atoms with Crippen LogP contribution in [0.1, 0.15) is 70.2 Å². The van der Waals surface area contributed by atoms with Gasteiger partial charge in [-0.25, -0.2) is 9.79 Å². The molecule has 2 aromatic carbocycles. The predicted octanol–water partition coefficient (Wildman–Crippen LogP) is 4.85. The van der Waals surface area contributed by atoms with E-state index in [9.17, 15) is 14.4 Å². The zero-order valence-corrected chi connectivity index (χ0v) is 26.2. The Labute approximate surface area is 250 Å². The van der Waals surface area contributed by atoms with Crippen molar-refractivity contribution in [1.82, 2.24) is 4.57 Å². The molecule has 0 saturated carbocycles. The largest absolute Gasteiger partial charge is 0.490 e. The van der Waals surface area contributed by atoms with Gasteiger partial charge < -0.3 is 14.2 Å². The lowest BCUT2D eigenvalue weighted by Gasteiger charge is -2.25. The molecule has 0 fully saturated rings. The van der Waals surface area contributed by atoms with E-state index in [0.29, 0.717) is 53.8 Å². The van der Waals surface area contributed by atoms with E-state index in [-0.39, 0.29) is 12.2 Å². The molecular formula is C30H31IN2O6S. The summed E-state index contributed by atoms with van der Waals surface area (Å²) >= 11 is 3.32. The van der Waals surface area contributed by atoms with Crippen molar-refractivity contribution in [3.05, 3.63) is 87.6 Å². The molecule has 1 aliphatic heterocycles. The summed E-state index contributed by atoms with van der Waals surface area (Å²) in [6.45, 7) is 11.5. The number of nitrogens with zero attached hydrogens (tertiary/aromatic N) is 2. The number of benzene rings is 2. The van der Waals surface area contributed by atoms with E-state index in [1.165, 1.54) is 18.3 Å². The molecule has 0 radical (unpaired) electrons. The van der Waals surface area contributed by atoms with Crippen LogP contribution in [0.3, 0.4) is 0 Å². The SMILES string of the molecule is CCOC(=O)C1=C(C)N=c2s/c(=C\c3cc(I)c(OC(C)=O)c(OCC)c3)c(=O)n2C1c1ccc(C(C)C)cc1. The molecule has 0 amide bonds. The summed E-state index contributed by atoms with van der Waals surface area (Å²) in [5, 5.41) is 0. The maximum atomic E-state index is 13.9. The van der Waals surface area contributed by atoms with Gasteiger partial charge in [0, 0.05) is 6.92 Å². The number of ether oxygens (including phenoxy) is 3. The number of hydrogen-bond donors (Lipinski definition) is 0. The predicted molar refractivity (Wildman–Crippen MR) is 163 cm³/mol. The number of carbonyl (C=O) groups is 2. The molecule has 1 unspecified atom stereocenters. The average Bonchev–Trinajstić information content (AvgIpc) is 3.19. The van der Waals surface area contributed by atoms with Crippen LogP contribution in [0.5, 0.6) is 11.5 Å². The molecule has 10 heteroatoms. The second kappa shape index (κ2) is 12.5. The van der Waals surface area contributed by atoms with Crippen LogP contribution in [0.2, 0.25) is 0 Å². The first-order valence-corrected chi connectivity index (χ1v) is 14.9. The van der Waals surface area contributed by atoms with Crippen molar-refractivity contribution in [1.29, 1.82) is 0 Å². The number of thiazole rings is 1. The summed E-state index contributed by atoms with van der Waals surface area (Å²) < 4.78 is 19.2. The van der Waals surface area contributed by atoms with Crippen molar-refractivity contribution in [2.75, 3.05) is 13.2 Å². The maximum absolute atomic E-state index is 13.9. The van der Waals surface area contributed by atoms with Crippen LogP contribution >= 0.6 is 33.9 Å². The van der Waals surface area contributed by atoms with Crippen molar-refractivity contribution < 1.29 is 23.8 Å². The Balaban J connectivity index is 1.91. The first kappa shape index (κ1) is 29.7. The first-order chi connectivity index (χ1) is 19.0. The number of halogens is 1. The van der Waals surface area contributed by atoms with Crippen molar-refractivity contribution >= 4 is 51.9 Å². The van der Waals surface area contributed by atoms with E-state index in [1.807, 2.05) is 37.3 Å². The average molecular weight is 675 g/mol. The Hall–Kier alpha value is -3.25. The van der Waals surface area contributed by atoms with Crippen LogP contribution in [0, 0.1) is 3.57 Å². The number of allylic oxidation sites excluding steroid dienone is 1. The summed E-state index contributed by atoms with van der Waals surface area (Å²) in [5.74, 6) is 0.150. The standard InChI is InChI=1S/C30H31IN2O6S/c1-7-37-23-14-19(13-22(31)27(23)39-18(6)34)15-24-28(35)33-26(21-11-9-20(10-12-21)16(3)4)25(29(36)38-8-2)17(5)32-30(33)40-24/h9-16,26H,7-8H2,1-6H3/b24-15-. The summed E-state index contributed by atoms with van der Waals surface area (Å²) in [7, 11) is 0. The molecule has 4 rings (SSSR count). The molecule has 8 nitrogen and oxygen atoms in total. The number of carbonyl (C=O) groups excluding carboxylic acids is 2. The second-order valence-corrected chi connectivity index (χ2v) is 11.7. The molecule has 0 spiro atoms. The molecule has 0 N–H and O–H groups in total. The summed E-state index contributed by atoms with van der Waals surface area (Å²) in [4.78, 5) is 43.8. The topological polar surface area (TPSA) is 96.2 Å². The normalized spacial score (nSPS) is 15.1. The highest BCUT2D eigenvalue weighted by Crippen LogP contribution is 2.35. The van der Waals surface area contributed by atoms with E-state index in [0.717, 1.165) is 11.1 Å². The third-order valence-electron chi connectivity index (χ3n) is 6.31. The molecule has 2 heterocycles. The van der Waals surface area contributed by atoms with Crippen LogP contribution in [0.15, 0.2) is 57.5 Å². The van der Waals surface area contributed by atoms with Gasteiger partial charge in [-0.15, -0.1) is 0 Å². The zero-order valence-electron chi connectivity index (χ0n) is 23.2. The Kier molecular flexibility index (Phi) is 9.29. The van der Waals surface area contributed by atoms with Crippen molar-refractivity contribution in [2.24, 2.45) is 4.99 Å². The van der Waals surface area contributed by atoms with Crippen LogP contribution in [0.4, 0.5) is 0 Å². The second-order valence-electron chi connectivity index (χ2n) is 9.48. The van der Waals surface area contributed by atoms with Gasteiger partial charge in [-0.2, -0.15) is 0 Å². The highest BCUT2D eigenvalue weighted by Gasteiger charge is 2.33. The van der Waals surface area contributed by atoms with Gasteiger partial charge in [0.2, 0.25) is 0 Å². The quantitative estimate of drug-likeness (QED) is 0.193. The number of fused-ring (bicyclic) bond motifs is 1. The van der Waals surface area contributed by atoms with Crippen LogP contribution in [-0.2, 0) is 14.3 Å². The highest BCUT2D eigenvalue weighted by atomic mass is 127. The summed E-state index contributed by atoms with van der Waals surface area (Å²) in [5.41, 5.74) is 3.25. The number of aromatic nitrogens is 1. The van der Waals surface area contributed by atoms with Crippen molar-refractivity contribution in [3.8, 4) is 11.5 Å². The fourth-order valence-corrected chi connectivity index (χ4v) is 6.28. The first-order valence-electron chi connectivity index (χ1n) is 13.0. The van der Waals surface area contributed by atoms with Crippen LogP contribution in [0.25, 0.3) is 6.08 Å². The molecular weight excluding hydrogens is 643 g/mol. The van der Waals surface area contributed by atoms with E-state index >= 15 is 0 Å². The van der Waals surface area contributed by atoms with Crippen LogP contribution in [-0.4, -0.2) is 29.7 Å². The Morgan fingerprint density at radius 2 is 1.85 bits per heavy atom. The van der Waals surface area contributed by atoms with E-state index in [1.54, 1.807) is 30.6 Å². The molecule has 3 aromatic rings. The lowest BCUT2D eigenvalue weighted by molar-refractivity contribution is -0.139. The van der Waals surface area contributed by atoms with Gasteiger partial charge in [0.15, 0.2) is 16.3 Å². The number of hydrogen-bond acceptors (Lipinski definition) is 8. The van der Waals surface area contributed by atoms with Crippen molar-refractivity contribution in [3.63, 3.8) is 0 Å². The van der Waals surface area contributed by atoms with Gasteiger partial charge in [-0.1, -0.05) is 49.4 Å². The summed E-state index contributed by atoms with van der Waals surface area (Å²) in [6, 6.07) is 10.8. The fraction of sp³-hybridized carbons (Fsp3) is 0.333. The Bertz CT molecular complexity index is 1670. The van der Waals surface area contributed by atoms with Crippen molar-refractivity contribution in [2.45, 2.75) is 53.5 Å².